The van der Waals surface area contributed by atoms with Crippen molar-refractivity contribution in [2.75, 3.05) is 0 Å². The zero-order chi connectivity index (χ0) is 22.0. The normalized spacial score (nSPS) is 10.5. The summed E-state index contributed by atoms with van der Waals surface area (Å²) in [6, 6.07) is 16.2. The summed E-state index contributed by atoms with van der Waals surface area (Å²) in [5.74, 6) is 5.78. The van der Waals surface area contributed by atoms with Crippen molar-refractivity contribution in [2.24, 2.45) is 0 Å². The van der Waals surface area contributed by atoms with E-state index in [4.69, 9.17) is 6.42 Å². The summed E-state index contributed by atoms with van der Waals surface area (Å²) >= 11 is 1.37. The van der Waals surface area contributed by atoms with Crippen LogP contribution in [0.4, 0.5) is 0 Å². The van der Waals surface area contributed by atoms with E-state index in [-0.39, 0.29) is 0 Å². The summed E-state index contributed by atoms with van der Waals surface area (Å²) in [6.07, 6.45) is 6.76. The molecule has 0 aliphatic heterocycles. The summed E-state index contributed by atoms with van der Waals surface area (Å²) in [6.45, 7) is 16.2. The largest absolute Gasteiger partial charge is 0.366 e. The fourth-order valence-corrected chi connectivity index (χ4v) is 9.59. The quantitative estimate of drug-likeness (QED) is 0.212. The van der Waals surface area contributed by atoms with Gasteiger partial charge in [0.05, 0.1) is 0 Å². The molecular formula is C27H32SiW. The third-order valence-electron chi connectivity index (χ3n) is 5.49. The molecule has 2 rings (SSSR count). The van der Waals surface area contributed by atoms with Gasteiger partial charge in [-0.25, -0.2) is 0 Å². The van der Waals surface area contributed by atoms with Crippen molar-refractivity contribution in [3.63, 3.8) is 0 Å². The van der Waals surface area contributed by atoms with Gasteiger partial charge in [0, 0.05) is 0 Å². The fraction of sp³-hybridized carbons (Fsp3) is 0.370. The van der Waals surface area contributed by atoms with Crippen LogP contribution in [0, 0.1) is 34.9 Å². The maximum atomic E-state index is 6.76. The van der Waals surface area contributed by atoms with Crippen LogP contribution < -0.4 is 0 Å². The predicted molar refractivity (Wildman–Crippen MR) is 125 cm³/mol. The van der Waals surface area contributed by atoms with Crippen LogP contribution in [-0.4, -0.2) is 8.07 Å². The minimum atomic E-state index is -1.60. The standard InChI is InChI=1S/C18H25Si.C9H7.W/c1-14(2)19(15(3)4,16(5)6)13-12-18-10-8-17(7)9-11-18;1-3-9-6-4-8(2)5-7-9;/h8-11,14-16H,1-6H3;4-7H,2H3;/q;-1;+1. The van der Waals surface area contributed by atoms with Crippen LogP contribution in [-0.2, 0) is 19.2 Å². The molecule has 0 saturated heterocycles. The van der Waals surface area contributed by atoms with E-state index in [0.29, 0.717) is 16.6 Å². The third kappa shape index (κ3) is 7.21. The Morgan fingerprint density at radius 3 is 1.52 bits per heavy atom. The molecule has 0 nitrogen and oxygen atoms in total. The van der Waals surface area contributed by atoms with Gasteiger partial charge in [-0.05, 0) is 6.92 Å². The molecule has 0 atom stereocenters. The second kappa shape index (κ2) is 12.1. The van der Waals surface area contributed by atoms with Crippen LogP contribution in [0.5, 0.6) is 0 Å². The van der Waals surface area contributed by atoms with Gasteiger partial charge in [0.1, 0.15) is 0 Å². The molecule has 0 aliphatic carbocycles. The number of benzene rings is 2. The molecule has 2 heteroatoms. The second-order valence-corrected chi connectivity index (χ2v) is 14.6. The third-order valence-corrected chi connectivity index (χ3v) is 12.6. The molecule has 0 radical (unpaired) electrons. The molecule has 0 heterocycles. The Bertz CT molecular complexity index is 886. The Kier molecular flexibility index (Phi) is 10.5. The fourth-order valence-electron chi connectivity index (χ4n) is 3.87. The maximum Gasteiger partial charge on any atom is -0.0399 e. The van der Waals surface area contributed by atoms with Crippen molar-refractivity contribution in [1.82, 2.24) is 0 Å². The van der Waals surface area contributed by atoms with Gasteiger partial charge in [-0.1, -0.05) is 17.7 Å². The van der Waals surface area contributed by atoms with E-state index >= 15 is 0 Å². The van der Waals surface area contributed by atoms with Crippen molar-refractivity contribution in [1.29, 1.82) is 0 Å². The van der Waals surface area contributed by atoms with Gasteiger partial charge in [0.15, 0.2) is 0 Å². The van der Waals surface area contributed by atoms with E-state index < -0.39 is 8.07 Å². The smallest absolute Gasteiger partial charge is 0.0399 e. The van der Waals surface area contributed by atoms with Crippen LogP contribution in [0.3, 0.4) is 0 Å². The average Bonchev–Trinajstić information content (AvgIpc) is 2.69. The number of hydrogen-bond acceptors (Lipinski definition) is 0. The van der Waals surface area contributed by atoms with Gasteiger partial charge in [-0.15, -0.1) is 17.7 Å². The topological polar surface area (TPSA) is 0 Å². The van der Waals surface area contributed by atoms with Gasteiger partial charge in [0.2, 0.25) is 0 Å². The molecule has 0 N–H and O–H groups in total. The maximum absolute atomic E-state index is 6.76. The molecule has 0 unspecified atom stereocenters. The summed E-state index contributed by atoms with van der Waals surface area (Å²) in [4.78, 5) is 0. The van der Waals surface area contributed by atoms with Crippen molar-refractivity contribution < 1.29 is 19.2 Å². The molecule has 150 valence electrons. The van der Waals surface area contributed by atoms with Crippen LogP contribution in [0.2, 0.25) is 16.6 Å². The minimum absolute atomic E-state index is 0.690. The Balaban J connectivity index is 0.000000387. The SMILES string of the molecule is CC(C)[Si](C#Cc1ccc([C]#[W+])cc1)(C(C)C)C(C)C.[C-]#Cc1ccc(C)cc1. The zero-order valence-electron chi connectivity index (χ0n) is 18.8. The van der Waals surface area contributed by atoms with Crippen molar-refractivity contribution >= 4 is 8.07 Å². The van der Waals surface area contributed by atoms with Crippen molar-refractivity contribution in [3.8, 4) is 21.6 Å². The molecule has 0 amide bonds. The summed E-state index contributed by atoms with van der Waals surface area (Å²) in [7, 11) is -1.60. The van der Waals surface area contributed by atoms with Gasteiger partial charge >= 0.3 is 136 Å². The minimum Gasteiger partial charge on any atom is -0.366 e. The van der Waals surface area contributed by atoms with Crippen LogP contribution in [0.25, 0.3) is 0 Å². The molecule has 29 heavy (non-hydrogen) atoms. The van der Waals surface area contributed by atoms with Crippen LogP contribution in [0.1, 0.15) is 63.8 Å². The first-order valence-electron chi connectivity index (χ1n) is 10.2. The first kappa shape index (κ1) is 25.3. The molecular weight excluding hydrogens is 536 g/mol. The van der Waals surface area contributed by atoms with Crippen LogP contribution >= 0.6 is 0 Å². The summed E-state index contributed by atoms with van der Waals surface area (Å²) < 4.78 is 3.23. The molecule has 0 spiro atoms. The van der Waals surface area contributed by atoms with E-state index in [1.807, 2.05) is 31.2 Å². The van der Waals surface area contributed by atoms with Crippen molar-refractivity contribution in [2.45, 2.75) is 65.1 Å². The Labute approximate surface area is 190 Å². The van der Waals surface area contributed by atoms with Gasteiger partial charge < -0.3 is 6.42 Å². The van der Waals surface area contributed by atoms with E-state index in [1.165, 1.54) is 30.3 Å². The van der Waals surface area contributed by atoms with E-state index in [2.05, 4.69) is 87.4 Å². The molecule has 0 fully saturated rings. The summed E-state index contributed by atoms with van der Waals surface area (Å²) in [5.41, 5.74) is 10.2. The van der Waals surface area contributed by atoms with Crippen LogP contribution in [0.15, 0.2) is 48.5 Å². The number of hydrogen-bond donors (Lipinski definition) is 0. The van der Waals surface area contributed by atoms with Gasteiger partial charge in [-0.2, -0.15) is 0 Å². The number of aryl methyl sites for hydroxylation is 1. The van der Waals surface area contributed by atoms with E-state index in [0.717, 1.165) is 11.1 Å². The Hall–Kier alpha value is -1.75. The van der Waals surface area contributed by atoms with Crippen molar-refractivity contribution in [3.05, 3.63) is 77.2 Å². The Morgan fingerprint density at radius 1 is 0.724 bits per heavy atom. The summed E-state index contributed by atoms with van der Waals surface area (Å²) in [5, 5.41) is 0. The van der Waals surface area contributed by atoms with Gasteiger partial charge in [0.25, 0.3) is 0 Å². The zero-order valence-corrected chi connectivity index (χ0v) is 22.7. The van der Waals surface area contributed by atoms with E-state index in [9.17, 15) is 0 Å². The molecule has 0 aliphatic rings. The molecule has 0 saturated carbocycles. The Morgan fingerprint density at radius 2 is 1.14 bits per heavy atom. The molecule has 2 aromatic rings. The molecule has 2 aromatic carbocycles. The van der Waals surface area contributed by atoms with Gasteiger partial charge in [-0.3, -0.25) is 5.92 Å². The predicted octanol–water partition coefficient (Wildman–Crippen LogP) is 7.04. The molecule has 0 aromatic heterocycles. The van der Waals surface area contributed by atoms with E-state index in [1.54, 1.807) is 0 Å². The average molecular weight is 568 g/mol. The first-order chi connectivity index (χ1) is 13.7. The molecule has 0 bridgehead atoms. The number of rotatable bonds is 3. The second-order valence-electron chi connectivity index (χ2n) is 8.32. The first-order valence-corrected chi connectivity index (χ1v) is 13.9. The monoisotopic (exact) mass is 568 g/mol.